The van der Waals surface area contributed by atoms with Crippen LogP contribution in [0.3, 0.4) is 0 Å². The summed E-state index contributed by atoms with van der Waals surface area (Å²) >= 11 is 1.38. The van der Waals surface area contributed by atoms with Crippen molar-refractivity contribution in [1.82, 2.24) is 5.32 Å². The van der Waals surface area contributed by atoms with Crippen molar-refractivity contribution in [1.29, 1.82) is 0 Å². The lowest BCUT2D eigenvalue weighted by Gasteiger charge is -2.23. The van der Waals surface area contributed by atoms with Gasteiger partial charge < -0.3 is 5.32 Å². The van der Waals surface area contributed by atoms with Gasteiger partial charge in [0.15, 0.2) is 5.78 Å². The van der Waals surface area contributed by atoms with Gasteiger partial charge in [0.25, 0.3) is 0 Å². The first kappa shape index (κ1) is 7.86. The minimum Gasteiger partial charge on any atom is -0.328 e. The highest BCUT2D eigenvalue weighted by atomic mass is 32.2. The summed E-state index contributed by atoms with van der Waals surface area (Å²) in [5.74, 6) is 0.611. The van der Waals surface area contributed by atoms with Crippen LogP contribution < -0.4 is 5.32 Å². The van der Waals surface area contributed by atoms with E-state index < -0.39 is 0 Å². The van der Waals surface area contributed by atoms with Crippen LogP contribution in [0.1, 0.15) is 19.3 Å². The molecule has 12 heavy (non-hydrogen) atoms. The Hall–Kier alpha value is -0.770. The Kier molecular flexibility index (Phi) is 1.92. The smallest absolute Gasteiger partial charge is 0.234 e. The number of amides is 1. The Morgan fingerprint density at radius 3 is 2.92 bits per heavy atom. The summed E-state index contributed by atoms with van der Waals surface area (Å²) < 4.78 is 0. The Bertz CT molecular complexity index is 283. The molecule has 64 valence electrons. The summed E-state index contributed by atoms with van der Waals surface area (Å²) in [6.07, 6.45) is 2.36. The highest BCUT2D eigenvalue weighted by molar-refractivity contribution is 8.04. The third kappa shape index (κ3) is 1.27. The average molecular weight is 183 g/mol. The molecule has 1 aliphatic heterocycles. The van der Waals surface area contributed by atoms with E-state index in [1.165, 1.54) is 11.8 Å². The minimum absolute atomic E-state index is 0.0217. The first-order valence-electron chi connectivity index (χ1n) is 3.96. The molecule has 2 rings (SSSR count). The minimum atomic E-state index is 0.0217. The van der Waals surface area contributed by atoms with E-state index >= 15 is 0 Å². The van der Waals surface area contributed by atoms with Gasteiger partial charge in [-0.2, -0.15) is 0 Å². The lowest BCUT2D eigenvalue weighted by atomic mass is 10.0. The number of allylic oxidation sites excluding steroid dienone is 2. The van der Waals surface area contributed by atoms with E-state index in [9.17, 15) is 9.59 Å². The molecular formula is C8H9NO2S. The van der Waals surface area contributed by atoms with Crippen LogP contribution in [0, 0.1) is 0 Å². The summed E-state index contributed by atoms with van der Waals surface area (Å²) in [4.78, 5) is 23.0. The molecule has 0 radical (unpaired) electrons. The molecule has 0 aromatic carbocycles. The fourth-order valence-corrected chi connectivity index (χ4v) is 2.39. The van der Waals surface area contributed by atoms with Crippen molar-refractivity contribution in [2.24, 2.45) is 0 Å². The predicted octanol–water partition coefficient (Wildman–Crippen LogP) is 0.814. The molecule has 1 heterocycles. The van der Waals surface area contributed by atoms with Gasteiger partial charge in [-0.25, -0.2) is 0 Å². The van der Waals surface area contributed by atoms with Crippen LogP contribution in [0.25, 0.3) is 0 Å². The maximum Gasteiger partial charge on any atom is 0.234 e. The maximum absolute atomic E-state index is 11.3. The number of nitrogens with one attached hydrogen (secondary N) is 1. The highest BCUT2D eigenvalue weighted by Crippen LogP contribution is 2.31. The van der Waals surface area contributed by atoms with E-state index in [0.29, 0.717) is 12.2 Å². The van der Waals surface area contributed by atoms with Gasteiger partial charge in [-0.05, 0) is 12.8 Å². The number of hydrogen-bond donors (Lipinski definition) is 1. The highest BCUT2D eigenvalue weighted by Gasteiger charge is 2.26. The Balaban J connectivity index is 2.30. The molecule has 0 aromatic heterocycles. The van der Waals surface area contributed by atoms with E-state index in [0.717, 1.165) is 23.4 Å². The normalized spacial score (nSPS) is 23.7. The first-order valence-corrected chi connectivity index (χ1v) is 4.95. The zero-order valence-corrected chi connectivity index (χ0v) is 7.37. The van der Waals surface area contributed by atoms with Crippen molar-refractivity contribution in [3.63, 3.8) is 0 Å². The molecule has 4 heteroatoms. The molecule has 0 atom stereocenters. The SMILES string of the molecule is O=C1CSC2=C(CCCC2=O)N1. The maximum atomic E-state index is 11.3. The average Bonchev–Trinajstić information content (AvgIpc) is 2.04. The quantitative estimate of drug-likeness (QED) is 0.604. The summed E-state index contributed by atoms with van der Waals surface area (Å²) in [5, 5.41) is 2.75. The van der Waals surface area contributed by atoms with E-state index in [2.05, 4.69) is 5.32 Å². The number of Topliss-reactive ketones (excluding diaryl/α,β-unsaturated/α-hetero) is 1. The zero-order valence-electron chi connectivity index (χ0n) is 6.55. The van der Waals surface area contributed by atoms with E-state index in [4.69, 9.17) is 0 Å². The second-order valence-corrected chi connectivity index (χ2v) is 3.91. The van der Waals surface area contributed by atoms with Gasteiger partial charge in [0.05, 0.1) is 10.7 Å². The van der Waals surface area contributed by atoms with Gasteiger partial charge in [0.1, 0.15) is 0 Å². The molecule has 0 saturated carbocycles. The fourth-order valence-electron chi connectivity index (χ4n) is 1.45. The zero-order chi connectivity index (χ0) is 8.55. The summed E-state index contributed by atoms with van der Waals surface area (Å²) in [5.41, 5.74) is 0.854. The van der Waals surface area contributed by atoms with Crippen molar-refractivity contribution >= 4 is 23.5 Å². The molecule has 0 aromatic rings. The molecule has 1 N–H and O–H groups in total. The lowest BCUT2D eigenvalue weighted by molar-refractivity contribution is -0.118. The van der Waals surface area contributed by atoms with Crippen LogP contribution in [-0.2, 0) is 9.59 Å². The van der Waals surface area contributed by atoms with E-state index in [1.807, 2.05) is 0 Å². The number of rotatable bonds is 0. The molecule has 3 nitrogen and oxygen atoms in total. The molecule has 0 unspecified atom stereocenters. The van der Waals surface area contributed by atoms with Gasteiger partial charge in [0.2, 0.25) is 5.91 Å². The predicted molar refractivity (Wildman–Crippen MR) is 46.5 cm³/mol. The van der Waals surface area contributed by atoms with E-state index in [-0.39, 0.29) is 11.7 Å². The number of carbonyl (C=O) groups is 2. The second kappa shape index (κ2) is 2.94. The first-order chi connectivity index (χ1) is 5.77. The number of hydrogen-bond acceptors (Lipinski definition) is 3. The van der Waals surface area contributed by atoms with Crippen LogP contribution >= 0.6 is 11.8 Å². The van der Waals surface area contributed by atoms with Crippen molar-refractivity contribution in [2.45, 2.75) is 19.3 Å². The number of carbonyl (C=O) groups excluding carboxylic acids is 2. The fraction of sp³-hybridized carbons (Fsp3) is 0.500. The van der Waals surface area contributed by atoms with Gasteiger partial charge in [0, 0.05) is 12.1 Å². The molecule has 0 fully saturated rings. The van der Waals surface area contributed by atoms with Crippen molar-refractivity contribution < 1.29 is 9.59 Å². The topological polar surface area (TPSA) is 46.2 Å². The molecule has 0 spiro atoms. The Morgan fingerprint density at radius 1 is 1.25 bits per heavy atom. The second-order valence-electron chi connectivity index (χ2n) is 2.92. The summed E-state index contributed by atoms with van der Waals surface area (Å²) in [7, 11) is 0. The van der Waals surface area contributed by atoms with Crippen LogP contribution in [0.4, 0.5) is 0 Å². The third-order valence-corrected chi connectivity index (χ3v) is 3.17. The van der Waals surface area contributed by atoms with Gasteiger partial charge in [-0.3, -0.25) is 9.59 Å². The number of thioether (sulfide) groups is 1. The molecule has 1 amide bonds. The largest absolute Gasteiger partial charge is 0.328 e. The Labute approximate surface area is 74.6 Å². The Morgan fingerprint density at radius 2 is 2.08 bits per heavy atom. The lowest BCUT2D eigenvalue weighted by Crippen LogP contribution is -2.32. The van der Waals surface area contributed by atoms with Crippen LogP contribution in [0.5, 0.6) is 0 Å². The monoisotopic (exact) mass is 183 g/mol. The van der Waals surface area contributed by atoms with Gasteiger partial charge in [-0.15, -0.1) is 11.8 Å². The summed E-state index contributed by atoms with van der Waals surface area (Å²) in [6, 6.07) is 0. The standard InChI is InChI=1S/C8H9NO2S/c10-6-3-1-2-5-8(6)12-4-7(11)9-5/h1-4H2,(H,9,11). The van der Waals surface area contributed by atoms with Crippen LogP contribution in [-0.4, -0.2) is 17.4 Å². The van der Waals surface area contributed by atoms with Crippen LogP contribution in [0.2, 0.25) is 0 Å². The van der Waals surface area contributed by atoms with Gasteiger partial charge in [-0.1, -0.05) is 0 Å². The summed E-state index contributed by atoms with van der Waals surface area (Å²) in [6.45, 7) is 0. The van der Waals surface area contributed by atoms with Crippen molar-refractivity contribution in [3.8, 4) is 0 Å². The molecule has 0 saturated heterocycles. The van der Waals surface area contributed by atoms with Crippen molar-refractivity contribution in [2.75, 3.05) is 5.75 Å². The molecular weight excluding hydrogens is 174 g/mol. The van der Waals surface area contributed by atoms with Crippen molar-refractivity contribution in [3.05, 3.63) is 10.6 Å². The molecule has 0 bridgehead atoms. The molecule has 2 aliphatic rings. The van der Waals surface area contributed by atoms with E-state index in [1.54, 1.807) is 0 Å². The van der Waals surface area contributed by atoms with Gasteiger partial charge >= 0.3 is 0 Å². The molecule has 1 aliphatic carbocycles. The van der Waals surface area contributed by atoms with Crippen LogP contribution in [0.15, 0.2) is 10.6 Å². The number of ketones is 1. The third-order valence-electron chi connectivity index (χ3n) is 2.00.